The highest BCUT2D eigenvalue weighted by atomic mass is 16.4. The molecule has 2 aromatic rings. The molecule has 9 N–H and O–H groups in total. The first-order chi connectivity index (χ1) is 16.5. The topological polar surface area (TPSA) is 220 Å². The van der Waals surface area contributed by atoms with Gasteiger partial charge in [0, 0.05) is 18.3 Å². The standard InChI is InChI=1S/C22H30N6O7/c1-11(26-20(32)16(23)7-13-3-5-15(30)6-4-13)19(31)27-17(8-14-9-24-10-25-14)21(33)28-18(12(2)29)22(34)35/h3-6,9-12,16-18,29-30H,7-8,23H2,1-2H3,(H,24,25)(H,26,32)(H,27,31)(H,28,33)(H,34,35). The quantitative estimate of drug-likeness (QED) is 0.167. The lowest BCUT2D eigenvalue weighted by Gasteiger charge is -2.24. The number of amides is 3. The van der Waals surface area contributed by atoms with Crippen molar-refractivity contribution in [3.05, 3.63) is 48.0 Å². The van der Waals surface area contributed by atoms with Gasteiger partial charge in [0.1, 0.15) is 17.8 Å². The Bertz CT molecular complexity index is 1010. The number of phenolic OH excluding ortho intramolecular Hbond substituents is 1. The lowest BCUT2D eigenvalue weighted by Crippen LogP contribution is -2.58. The third-order valence-corrected chi connectivity index (χ3v) is 5.14. The van der Waals surface area contributed by atoms with Crippen LogP contribution >= 0.6 is 0 Å². The minimum absolute atomic E-state index is 0.0508. The second kappa shape index (κ2) is 12.5. The van der Waals surface area contributed by atoms with E-state index in [0.717, 1.165) is 0 Å². The summed E-state index contributed by atoms with van der Waals surface area (Å²) in [6.45, 7) is 2.61. The summed E-state index contributed by atoms with van der Waals surface area (Å²) in [5.41, 5.74) is 7.13. The smallest absolute Gasteiger partial charge is 0.328 e. The number of aromatic amines is 1. The zero-order chi connectivity index (χ0) is 26.1. The summed E-state index contributed by atoms with van der Waals surface area (Å²) in [5, 5.41) is 35.4. The van der Waals surface area contributed by atoms with Crippen LogP contribution < -0.4 is 21.7 Å². The monoisotopic (exact) mass is 490 g/mol. The highest BCUT2D eigenvalue weighted by molar-refractivity contribution is 5.94. The minimum atomic E-state index is -1.58. The number of imidazole rings is 1. The molecule has 3 amide bonds. The number of carbonyl (C=O) groups is 4. The SMILES string of the molecule is CC(NC(=O)C(N)Cc1ccc(O)cc1)C(=O)NC(Cc1cnc[nH]1)C(=O)NC(C(=O)O)C(C)O. The molecule has 35 heavy (non-hydrogen) atoms. The molecule has 0 bridgehead atoms. The average Bonchev–Trinajstić information content (AvgIpc) is 3.30. The number of hydrogen-bond donors (Lipinski definition) is 8. The summed E-state index contributed by atoms with van der Waals surface area (Å²) in [4.78, 5) is 55.9. The highest BCUT2D eigenvalue weighted by Gasteiger charge is 2.31. The van der Waals surface area contributed by atoms with E-state index in [1.54, 1.807) is 12.1 Å². The first-order valence-electron chi connectivity index (χ1n) is 10.8. The number of aliphatic carboxylic acids is 1. The Morgan fingerprint density at radius 2 is 1.66 bits per heavy atom. The van der Waals surface area contributed by atoms with Crippen molar-refractivity contribution < 1.29 is 34.5 Å². The van der Waals surface area contributed by atoms with Crippen LogP contribution in [-0.2, 0) is 32.0 Å². The average molecular weight is 491 g/mol. The molecule has 0 saturated heterocycles. The van der Waals surface area contributed by atoms with Crippen LogP contribution in [0.2, 0.25) is 0 Å². The molecule has 0 aliphatic heterocycles. The molecule has 13 heteroatoms. The Balaban J connectivity index is 2.02. The number of nitrogens with zero attached hydrogens (tertiary/aromatic N) is 1. The van der Waals surface area contributed by atoms with Crippen LogP contribution in [0.15, 0.2) is 36.8 Å². The van der Waals surface area contributed by atoms with Crippen molar-refractivity contribution in [2.24, 2.45) is 5.73 Å². The fraction of sp³-hybridized carbons (Fsp3) is 0.409. The van der Waals surface area contributed by atoms with Crippen LogP contribution in [0.3, 0.4) is 0 Å². The summed E-state index contributed by atoms with van der Waals surface area (Å²) in [6, 6.07) is 1.32. The molecule has 190 valence electrons. The molecule has 2 rings (SSSR count). The van der Waals surface area contributed by atoms with Crippen LogP contribution in [0.5, 0.6) is 5.75 Å². The maximum Gasteiger partial charge on any atom is 0.328 e. The summed E-state index contributed by atoms with van der Waals surface area (Å²) < 4.78 is 0. The summed E-state index contributed by atoms with van der Waals surface area (Å²) in [6.07, 6.45) is 1.54. The van der Waals surface area contributed by atoms with Crippen LogP contribution in [0.1, 0.15) is 25.1 Å². The van der Waals surface area contributed by atoms with E-state index >= 15 is 0 Å². The summed E-state index contributed by atoms with van der Waals surface area (Å²) in [5.74, 6) is -3.52. The first-order valence-corrected chi connectivity index (χ1v) is 10.8. The number of hydrogen-bond acceptors (Lipinski definition) is 8. The molecular weight excluding hydrogens is 460 g/mol. The molecule has 1 heterocycles. The number of carbonyl (C=O) groups excluding carboxylic acids is 3. The Hall–Kier alpha value is -3.97. The van der Waals surface area contributed by atoms with Crippen molar-refractivity contribution in [1.29, 1.82) is 0 Å². The predicted molar refractivity (Wildman–Crippen MR) is 123 cm³/mol. The number of H-pyrrole nitrogens is 1. The van der Waals surface area contributed by atoms with Gasteiger partial charge >= 0.3 is 5.97 Å². The van der Waals surface area contributed by atoms with Gasteiger partial charge < -0.3 is 42.0 Å². The number of aliphatic hydroxyl groups is 1. The van der Waals surface area contributed by atoms with Gasteiger partial charge in [-0.25, -0.2) is 9.78 Å². The number of carboxylic acids is 1. The third kappa shape index (κ3) is 8.39. The second-order valence-electron chi connectivity index (χ2n) is 8.11. The van der Waals surface area contributed by atoms with Crippen molar-refractivity contribution in [3.63, 3.8) is 0 Å². The number of nitrogens with two attached hydrogens (primary N) is 1. The molecule has 0 spiro atoms. The van der Waals surface area contributed by atoms with E-state index in [-0.39, 0.29) is 18.6 Å². The Morgan fingerprint density at radius 1 is 1.00 bits per heavy atom. The Morgan fingerprint density at radius 3 is 2.20 bits per heavy atom. The molecular formula is C22H30N6O7. The number of aromatic hydroxyl groups is 1. The van der Waals surface area contributed by atoms with Gasteiger partial charge in [0.2, 0.25) is 17.7 Å². The maximum atomic E-state index is 12.7. The number of aliphatic hydroxyl groups excluding tert-OH is 1. The number of carboxylic acid groups (broad SMARTS) is 1. The van der Waals surface area contributed by atoms with Crippen molar-refractivity contribution in [1.82, 2.24) is 25.9 Å². The van der Waals surface area contributed by atoms with Crippen LogP contribution in [0.4, 0.5) is 0 Å². The number of rotatable bonds is 12. The van der Waals surface area contributed by atoms with Gasteiger partial charge in [-0.1, -0.05) is 12.1 Å². The van der Waals surface area contributed by atoms with Gasteiger partial charge in [0.25, 0.3) is 0 Å². The molecule has 0 aliphatic rings. The third-order valence-electron chi connectivity index (χ3n) is 5.14. The number of nitrogens with one attached hydrogen (secondary N) is 4. The van der Waals surface area contributed by atoms with E-state index in [9.17, 15) is 34.5 Å². The molecule has 1 aromatic heterocycles. The molecule has 0 aliphatic carbocycles. The van der Waals surface area contributed by atoms with Crippen LogP contribution in [-0.4, -0.2) is 79.2 Å². The van der Waals surface area contributed by atoms with Crippen LogP contribution in [0, 0.1) is 0 Å². The summed E-state index contributed by atoms with van der Waals surface area (Å²) >= 11 is 0. The Kier molecular flexibility index (Phi) is 9.73. The molecule has 0 radical (unpaired) electrons. The van der Waals surface area contributed by atoms with Crippen LogP contribution in [0.25, 0.3) is 0 Å². The zero-order valence-electron chi connectivity index (χ0n) is 19.3. The van der Waals surface area contributed by atoms with Crippen molar-refractivity contribution in [2.75, 3.05) is 0 Å². The normalized spacial score (nSPS) is 15.2. The molecule has 0 saturated carbocycles. The van der Waals surface area contributed by atoms with Gasteiger partial charge in [-0.15, -0.1) is 0 Å². The van der Waals surface area contributed by atoms with E-state index in [1.165, 1.54) is 38.5 Å². The van der Waals surface area contributed by atoms with Crippen molar-refractivity contribution in [2.45, 2.75) is 57.0 Å². The van der Waals surface area contributed by atoms with Crippen molar-refractivity contribution >= 4 is 23.7 Å². The minimum Gasteiger partial charge on any atom is -0.508 e. The fourth-order valence-corrected chi connectivity index (χ4v) is 3.13. The second-order valence-corrected chi connectivity index (χ2v) is 8.11. The molecule has 13 nitrogen and oxygen atoms in total. The zero-order valence-corrected chi connectivity index (χ0v) is 19.3. The predicted octanol–water partition coefficient (Wildman–Crippen LogP) is -1.83. The van der Waals surface area contributed by atoms with Gasteiger partial charge in [-0.05, 0) is 38.0 Å². The number of benzene rings is 1. The highest BCUT2D eigenvalue weighted by Crippen LogP contribution is 2.11. The van der Waals surface area contributed by atoms with Gasteiger partial charge in [0.05, 0.1) is 18.5 Å². The Labute approximate surface area is 201 Å². The number of aromatic nitrogens is 2. The first kappa shape index (κ1) is 27.3. The molecule has 1 aromatic carbocycles. The van der Waals surface area contributed by atoms with E-state index in [4.69, 9.17) is 5.73 Å². The summed E-state index contributed by atoms with van der Waals surface area (Å²) in [7, 11) is 0. The van der Waals surface area contributed by atoms with Gasteiger partial charge in [0.15, 0.2) is 6.04 Å². The molecule has 0 fully saturated rings. The van der Waals surface area contributed by atoms with Gasteiger partial charge in [-0.3, -0.25) is 14.4 Å². The molecule has 5 atom stereocenters. The maximum absolute atomic E-state index is 12.7. The van der Waals surface area contributed by atoms with E-state index in [1.807, 2.05) is 0 Å². The lowest BCUT2D eigenvalue weighted by molar-refractivity contribution is -0.145. The largest absolute Gasteiger partial charge is 0.508 e. The van der Waals surface area contributed by atoms with Crippen molar-refractivity contribution in [3.8, 4) is 5.75 Å². The lowest BCUT2D eigenvalue weighted by atomic mass is 10.1. The van der Waals surface area contributed by atoms with E-state index < -0.39 is 54.0 Å². The molecule has 5 unspecified atom stereocenters. The fourth-order valence-electron chi connectivity index (χ4n) is 3.13. The van der Waals surface area contributed by atoms with Gasteiger partial charge in [-0.2, -0.15) is 0 Å². The number of phenols is 1. The van der Waals surface area contributed by atoms with E-state index in [0.29, 0.717) is 11.3 Å². The van der Waals surface area contributed by atoms with E-state index in [2.05, 4.69) is 25.9 Å².